The summed E-state index contributed by atoms with van der Waals surface area (Å²) >= 11 is 5.68. The molecule has 0 fully saturated rings. The predicted octanol–water partition coefficient (Wildman–Crippen LogP) is 2.66. The smallest absolute Gasteiger partial charge is 0.389 e. The van der Waals surface area contributed by atoms with E-state index in [1.54, 1.807) is 0 Å². The van der Waals surface area contributed by atoms with E-state index in [0.717, 1.165) is 18.2 Å². The molecule has 0 amide bonds. The Balaban J connectivity index is 2.83. The van der Waals surface area contributed by atoms with Crippen LogP contribution in [0.15, 0.2) is 23.1 Å². The van der Waals surface area contributed by atoms with E-state index in [0.29, 0.717) is 0 Å². The van der Waals surface area contributed by atoms with Crippen LogP contribution in [0.3, 0.4) is 0 Å². The minimum Gasteiger partial charge on any atom is -0.478 e. The van der Waals surface area contributed by atoms with Gasteiger partial charge < -0.3 is 5.11 Å². The number of aromatic carboxylic acids is 1. The molecule has 0 spiro atoms. The molecule has 0 heterocycles. The Morgan fingerprint density at radius 3 is 2.48 bits per heavy atom. The lowest BCUT2D eigenvalue weighted by Gasteiger charge is -2.10. The van der Waals surface area contributed by atoms with Crippen molar-refractivity contribution in [3.63, 3.8) is 0 Å². The molecular weight excluding hydrogens is 335 g/mol. The van der Waals surface area contributed by atoms with E-state index in [9.17, 15) is 26.4 Å². The lowest BCUT2D eigenvalue weighted by atomic mass is 10.2. The maximum Gasteiger partial charge on any atom is 0.389 e. The van der Waals surface area contributed by atoms with Gasteiger partial charge in [0.25, 0.3) is 0 Å². The fraction of sp³-hybridized carbons (Fsp3) is 0.364. The van der Waals surface area contributed by atoms with Crippen LogP contribution in [0.2, 0.25) is 5.02 Å². The fourth-order valence-electron chi connectivity index (χ4n) is 1.42. The summed E-state index contributed by atoms with van der Waals surface area (Å²) in [6.45, 7) is -0.435. The Morgan fingerprint density at radius 2 is 1.95 bits per heavy atom. The summed E-state index contributed by atoms with van der Waals surface area (Å²) in [6, 6.07) is 3.05. The van der Waals surface area contributed by atoms with E-state index in [-0.39, 0.29) is 10.6 Å². The predicted molar refractivity (Wildman–Crippen MR) is 68.9 cm³/mol. The summed E-state index contributed by atoms with van der Waals surface area (Å²) in [4.78, 5) is 10.3. The Labute approximate surface area is 123 Å². The minimum absolute atomic E-state index is 0.219. The molecule has 0 saturated carbocycles. The van der Waals surface area contributed by atoms with Crippen molar-refractivity contribution in [3.05, 3.63) is 28.8 Å². The van der Waals surface area contributed by atoms with Gasteiger partial charge in [0.05, 0.1) is 10.6 Å². The Kier molecular flexibility index (Phi) is 5.60. The molecule has 1 aromatic rings. The zero-order valence-corrected chi connectivity index (χ0v) is 12.0. The van der Waals surface area contributed by atoms with Gasteiger partial charge in [0, 0.05) is 13.0 Å². The second-order valence-electron chi connectivity index (χ2n) is 4.07. The summed E-state index contributed by atoms with van der Waals surface area (Å²) in [5, 5.41) is 8.57. The monoisotopic (exact) mass is 345 g/mol. The molecule has 0 aliphatic heterocycles. The third kappa shape index (κ3) is 5.52. The van der Waals surface area contributed by atoms with E-state index in [1.165, 1.54) is 0 Å². The van der Waals surface area contributed by atoms with Crippen molar-refractivity contribution < 1.29 is 31.5 Å². The van der Waals surface area contributed by atoms with Crippen LogP contribution in [0.5, 0.6) is 0 Å². The van der Waals surface area contributed by atoms with Crippen LogP contribution in [-0.2, 0) is 10.0 Å². The van der Waals surface area contributed by atoms with Gasteiger partial charge in [0.2, 0.25) is 10.0 Å². The highest BCUT2D eigenvalue weighted by Crippen LogP contribution is 2.23. The summed E-state index contributed by atoms with van der Waals surface area (Å²) in [5.41, 5.74) is -0.296. The number of sulfonamides is 1. The van der Waals surface area contributed by atoms with Crippen LogP contribution < -0.4 is 4.72 Å². The number of carbonyl (C=O) groups is 1. The fourth-order valence-corrected chi connectivity index (χ4v) is 3.01. The molecule has 0 saturated heterocycles. The van der Waals surface area contributed by atoms with E-state index in [1.807, 2.05) is 4.72 Å². The molecule has 0 aliphatic carbocycles. The minimum atomic E-state index is -4.37. The molecule has 10 heteroatoms. The van der Waals surface area contributed by atoms with Gasteiger partial charge >= 0.3 is 12.1 Å². The van der Waals surface area contributed by atoms with Crippen molar-refractivity contribution >= 4 is 27.6 Å². The van der Waals surface area contributed by atoms with Crippen molar-refractivity contribution in [1.82, 2.24) is 4.72 Å². The molecule has 1 rings (SSSR count). The second kappa shape index (κ2) is 6.63. The van der Waals surface area contributed by atoms with Crippen molar-refractivity contribution in [2.45, 2.75) is 23.9 Å². The largest absolute Gasteiger partial charge is 0.478 e. The lowest BCUT2D eigenvalue weighted by molar-refractivity contribution is -0.135. The number of nitrogens with one attached hydrogen (secondary N) is 1. The summed E-state index contributed by atoms with van der Waals surface area (Å²) in [7, 11) is -4.18. The topological polar surface area (TPSA) is 83.5 Å². The molecule has 0 atom stereocenters. The summed E-state index contributed by atoms with van der Waals surface area (Å²) in [5.74, 6) is -1.35. The first-order valence-electron chi connectivity index (χ1n) is 5.62. The molecule has 0 radical (unpaired) electrons. The quantitative estimate of drug-likeness (QED) is 0.776. The van der Waals surface area contributed by atoms with Crippen LogP contribution in [0.25, 0.3) is 0 Å². The average molecular weight is 346 g/mol. The van der Waals surface area contributed by atoms with Gasteiger partial charge in [-0.25, -0.2) is 17.9 Å². The third-order valence-electron chi connectivity index (χ3n) is 2.40. The molecule has 2 N–H and O–H groups in total. The van der Waals surface area contributed by atoms with Crippen LogP contribution in [-0.4, -0.2) is 32.2 Å². The molecule has 0 aliphatic rings. The van der Waals surface area contributed by atoms with Gasteiger partial charge in [-0.3, -0.25) is 0 Å². The highest BCUT2D eigenvalue weighted by molar-refractivity contribution is 7.89. The zero-order valence-electron chi connectivity index (χ0n) is 10.4. The number of carboxylic acid groups (broad SMARTS) is 1. The van der Waals surface area contributed by atoms with Crippen LogP contribution >= 0.6 is 11.6 Å². The van der Waals surface area contributed by atoms with Crippen molar-refractivity contribution in [2.75, 3.05) is 6.54 Å². The number of benzene rings is 1. The normalized spacial score (nSPS) is 12.4. The zero-order chi connectivity index (χ0) is 16.3. The first-order chi connectivity index (χ1) is 9.53. The average Bonchev–Trinajstić information content (AvgIpc) is 2.33. The van der Waals surface area contributed by atoms with Gasteiger partial charge in [0.1, 0.15) is 4.90 Å². The molecule has 0 aromatic heterocycles. The Morgan fingerprint density at radius 1 is 1.33 bits per heavy atom. The van der Waals surface area contributed by atoms with Crippen LogP contribution in [0.1, 0.15) is 23.2 Å². The number of hydrogen-bond acceptors (Lipinski definition) is 3. The van der Waals surface area contributed by atoms with Gasteiger partial charge in [0.15, 0.2) is 0 Å². The molecule has 0 bridgehead atoms. The summed E-state index contributed by atoms with van der Waals surface area (Å²) < 4.78 is 61.5. The lowest BCUT2D eigenvalue weighted by Crippen LogP contribution is -2.26. The van der Waals surface area contributed by atoms with Crippen molar-refractivity contribution in [3.8, 4) is 0 Å². The summed E-state index contributed by atoms with van der Waals surface area (Å²) in [6.07, 6.45) is -5.93. The molecule has 5 nitrogen and oxygen atoms in total. The van der Waals surface area contributed by atoms with Crippen LogP contribution in [0, 0.1) is 0 Å². The number of rotatable bonds is 6. The van der Waals surface area contributed by atoms with E-state index < -0.39 is 46.5 Å². The van der Waals surface area contributed by atoms with Gasteiger partial charge in [-0.2, -0.15) is 13.2 Å². The molecule has 1 aromatic carbocycles. The Bertz CT molecular complexity index is 631. The molecule has 21 heavy (non-hydrogen) atoms. The SMILES string of the molecule is O=C(O)c1ccc(Cl)c(S(=O)(=O)NCCCC(F)(F)F)c1. The number of carboxylic acids is 1. The highest BCUT2D eigenvalue weighted by atomic mass is 35.5. The second-order valence-corrected chi connectivity index (χ2v) is 6.21. The van der Waals surface area contributed by atoms with E-state index >= 15 is 0 Å². The van der Waals surface area contributed by atoms with E-state index in [2.05, 4.69) is 0 Å². The van der Waals surface area contributed by atoms with Gasteiger partial charge in [-0.1, -0.05) is 11.6 Å². The number of alkyl halides is 3. The van der Waals surface area contributed by atoms with Gasteiger partial charge in [-0.15, -0.1) is 0 Å². The van der Waals surface area contributed by atoms with E-state index in [4.69, 9.17) is 16.7 Å². The first kappa shape index (κ1) is 17.7. The Hall–Kier alpha value is -1.32. The number of hydrogen-bond donors (Lipinski definition) is 2. The van der Waals surface area contributed by atoms with Crippen LogP contribution in [0.4, 0.5) is 13.2 Å². The maximum atomic E-state index is 11.9. The molecular formula is C11H11ClF3NO4S. The molecule has 118 valence electrons. The molecule has 0 unspecified atom stereocenters. The first-order valence-corrected chi connectivity index (χ1v) is 7.48. The van der Waals surface area contributed by atoms with Gasteiger partial charge in [-0.05, 0) is 24.6 Å². The standard InChI is InChI=1S/C11H11ClF3NO4S/c12-8-3-2-7(10(17)18)6-9(8)21(19,20)16-5-1-4-11(13,14)15/h2-3,6,16H,1,4-5H2,(H,17,18). The van der Waals surface area contributed by atoms with Crippen molar-refractivity contribution in [2.24, 2.45) is 0 Å². The number of halogens is 4. The third-order valence-corrected chi connectivity index (χ3v) is 4.34. The highest BCUT2D eigenvalue weighted by Gasteiger charge is 2.26. The maximum absolute atomic E-state index is 11.9. The van der Waals surface area contributed by atoms with Crippen molar-refractivity contribution in [1.29, 1.82) is 0 Å².